The molecule has 2 aromatic carbocycles. The Balaban J connectivity index is 1.47. The lowest BCUT2D eigenvalue weighted by Crippen LogP contribution is -2.39. The van der Waals surface area contributed by atoms with E-state index in [-0.39, 0.29) is 22.5 Å². The molecule has 3 aromatic rings. The van der Waals surface area contributed by atoms with Gasteiger partial charge in [-0.15, -0.1) is 0 Å². The Bertz CT molecular complexity index is 1250. The molecule has 1 aliphatic heterocycles. The maximum atomic E-state index is 13.5. The first-order chi connectivity index (χ1) is 15.4. The molecule has 1 fully saturated rings. The molecule has 0 bridgehead atoms. The predicted octanol–water partition coefficient (Wildman–Crippen LogP) is 2.81. The number of aromatic nitrogens is 2. The van der Waals surface area contributed by atoms with Crippen LogP contribution >= 0.6 is 0 Å². The highest BCUT2D eigenvalue weighted by atomic mass is 19.1. The third-order valence-corrected chi connectivity index (χ3v) is 6.07. The summed E-state index contributed by atoms with van der Waals surface area (Å²) in [6.07, 6.45) is 4.60. The maximum absolute atomic E-state index is 13.5. The zero-order valence-corrected chi connectivity index (χ0v) is 18.1. The molecule has 1 aromatic heterocycles. The number of rotatable bonds is 6. The van der Waals surface area contributed by atoms with Crippen LogP contribution in [0.5, 0.6) is 0 Å². The average Bonchev–Trinajstić information content (AvgIpc) is 2.77. The zero-order valence-electron chi connectivity index (χ0n) is 18.1. The second-order valence-electron chi connectivity index (χ2n) is 8.30. The summed E-state index contributed by atoms with van der Waals surface area (Å²) in [6, 6.07) is 10.4. The molecule has 1 aliphatic rings. The number of nitrogens with one attached hydrogen (secondary N) is 2. The molecule has 4 rings (SSSR count). The van der Waals surface area contributed by atoms with Crippen molar-refractivity contribution >= 4 is 16.8 Å². The molecule has 0 saturated carbocycles. The van der Waals surface area contributed by atoms with Gasteiger partial charge in [0.25, 0.3) is 11.5 Å². The number of benzene rings is 2. The highest BCUT2D eigenvalue weighted by molar-refractivity contribution is 5.97. The van der Waals surface area contributed by atoms with Crippen LogP contribution < -0.4 is 16.6 Å². The van der Waals surface area contributed by atoms with Crippen molar-refractivity contribution in [3.63, 3.8) is 0 Å². The molecule has 0 radical (unpaired) electrons. The second-order valence-corrected chi connectivity index (χ2v) is 8.30. The van der Waals surface area contributed by atoms with Crippen LogP contribution in [0, 0.1) is 5.82 Å². The number of piperidine rings is 1. The fraction of sp³-hybridized carbons (Fsp3) is 0.375. The van der Waals surface area contributed by atoms with Gasteiger partial charge in [0.05, 0.1) is 16.6 Å². The van der Waals surface area contributed by atoms with Crippen molar-refractivity contribution in [3.05, 3.63) is 74.7 Å². The van der Waals surface area contributed by atoms with Crippen molar-refractivity contribution in [1.29, 1.82) is 0 Å². The van der Waals surface area contributed by atoms with Crippen molar-refractivity contribution < 1.29 is 9.18 Å². The van der Waals surface area contributed by atoms with Gasteiger partial charge in [-0.3, -0.25) is 9.59 Å². The highest BCUT2D eigenvalue weighted by Crippen LogP contribution is 2.16. The Kier molecular flexibility index (Phi) is 6.50. The normalized spacial score (nSPS) is 16.9. The molecule has 1 atom stereocenters. The molecule has 2 N–H and O–H groups in total. The molecule has 1 saturated heterocycles. The molecule has 168 valence electrons. The summed E-state index contributed by atoms with van der Waals surface area (Å²) in [4.78, 5) is 43.0. The summed E-state index contributed by atoms with van der Waals surface area (Å²) in [7, 11) is 0. The van der Waals surface area contributed by atoms with Gasteiger partial charge in [-0.1, -0.05) is 12.5 Å². The number of carbonyl (C=O) groups excluding carboxylic acids is 1. The van der Waals surface area contributed by atoms with Crippen LogP contribution in [0.2, 0.25) is 0 Å². The van der Waals surface area contributed by atoms with Gasteiger partial charge in [0.1, 0.15) is 5.82 Å². The molecule has 0 spiro atoms. The summed E-state index contributed by atoms with van der Waals surface area (Å²) < 4.78 is 14.4. The summed E-state index contributed by atoms with van der Waals surface area (Å²) in [5, 5.41) is 3.15. The molecular formula is C24H27FN4O3. The van der Waals surface area contributed by atoms with Gasteiger partial charge in [0, 0.05) is 24.7 Å². The van der Waals surface area contributed by atoms with Gasteiger partial charge in [-0.25, -0.2) is 13.8 Å². The number of carbonyl (C=O) groups is 1. The summed E-state index contributed by atoms with van der Waals surface area (Å²) in [6.45, 7) is 4.86. The lowest BCUT2D eigenvalue weighted by Gasteiger charge is -2.33. The molecular weight excluding hydrogens is 411 g/mol. The van der Waals surface area contributed by atoms with Crippen molar-refractivity contribution in [1.82, 2.24) is 19.8 Å². The van der Waals surface area contributed by atoms with E-state index in [4.69, 9.17) is 0 Å². The largest absolute Gasteiger partial charge is 0.352 e. The number of hydrogen-bond acceptors (Lipinski definition) is 4. The van der Waals surface area contributed by atoms with Gasteiger partial charge in [0.2, 0.25) is 0 Å². The minimum atomic E-state index is -0.693. The second kappa shape index (κ2) is 9.48. The number of hydrogen-bond donors (Lipinski definition) is 2. The van der Waals surface area contributed by atoms with Crippen LogP contribution in [0.1, 0.15) is 43.0 Å². The van der Waals surface area contributed by atoms with Crippen molar-refractivity contribution in [2.45, 2.75) is 38.6 Å². The van der Waals surface area contributed by atoms with E-state index in [9.17, 15) is 18.8 Å². The van der Waals surface area contributed by atoms with Gasteiger partial charge >= 0.3 is 5.69 Å². The Morgan fingerprint density at radius 3 is 2.81 bits per heavy atom. The van der Waals surface area contributed by atoms with E-state index in [2.05, 4.69) is 22.1 Å². The van der Waals surface area contributed by atoms with E-state index in [1.165, 1.54) is 49.6 Å². The third kappa shape index (κ3) is 4.65. The fourth-order valence-corrected chi connectivity index (χ4v) is 4.28. The van der Waals surface area contributed by atoms with Crippen molar-refractivity contribution in [2.75, 3.05) is 19.6 Å². The minimum absolute atomic E-state index is 0.142. The first-order valence-electron chi connectivity index (χ1n) is 11.0. The van der Waals surface area contributed by atoms with Crippen LogP contribution in [-0.2, 0) is 0 Å². The average molecular weight is 439 g/mol. The third-order valence-electron chi connectivity index (χ3n) is 6.07. The lowest BCUT2D eigenvalue weighted by atomic mass is 10.0. The van der Waals surface area contributed by atoms with Crippen molar-refractivity contribution in [3.8, 4) is 5.69 Å². The van der Waals surface area contributed by atoms with Crippen LogP contribution in [-0.4, -0.2) is 46.0 Å². The Morgan fingerprint density at radius 2 is 2.03 bits per heavy atom. The van der Waals surface area contributed by atoms with E-state index in [1.54, 1.807) is 6.07 Å². The fourth-order valence-electron chi connectivity index (χ4n) is 4.28. The molecule has 2 heterocycles. The highest BCUT2D eigenvalue weighted by Gasteiger charge is 2.17. The van der Waals surface area contributed by atoms with Crippen LogP contribution in [0.25, 0.3) is 16.6 Å². The van der Waals surface area contributed by atoms with Crippen LogP contribution in [0.3, 0.4) is 0 Å². The topological polar surface area (TPSA) is 87.2 Å². The van der Waals surface area contributed by atoms with Gasteiger partial charge in [-0.05, 0) is 69.1 Å². The van der Waals surface area contributed by atoms with Gasteiger partial charge in [0.15, 0.2) is 0 Å². The Morgan fingerprint density at radius 1 is 1.19 bits per heavy atom. The lowest BCUT2D eigenvalue weighted by molar-refractivity contribution is 0.0949. The Hall–Kier alpha value is -3.26. The summed E-state index contributed by atoms with van der Waals surface area (Å²) in [5.74, 6) is -0.801. The van der Waals surface area contributed by atoms with E-state index < -0.39 is 17.1 Å². The SMILES string of the molecule is CC1CCCCN1CCCNC(=O)c1ccc2c(=O)n(-c3cccc(F)c3)c(=O)[nH]c2c1. The molecule has 32 heavy (non-hydrogen) atoms. The summed E-state index contributed by atoms with van der Waals surface area (Å²) >= 11 is 0. The van der Waals surface area contributed by atoms with E-state index >= 15 is 0 Å². The monoisotopic (exact) mass is 438 g/mol. The zero-order chi connectivity index (χ0) is 22.7. The molecule has 1 unspecified atom stereocenters. The number of amides is 1. The van der Waals surface area contributed by atoms with E-state index in [0.29, 0.717) is 18.2 Å². The standard InChI is InChI=1S/C24H27FN4O3/c1-16-6-2-3-12-28(16)13-5-11-26-22(30)17-9-10-20-21(14-17)27-24(32)29(23(20)31)19-8-4-7-18(25)15-19/h4,7-10,14-16H,2-3,5-6,11-13H2,1H3,(H,26,30)(H,27,32). The molecule has 8 heteroatoms. The number of likely N-dealkylation sites (tertiary alicyclic amines) is 1. The minimum Gasteiger partial charge on any atom is -0.352 e. The molecule has 0 aliphatic carbocycles. The predicted molar refractivity (Wildman–Crippen MR) is 122 cm³/mol. The smallest absolute Gasteiger partial charge is 0.333 e. The van der Waals surface area contributed by atoms with Crippen molar-refractivity contribution in [2.24, 2.45) is 0 Å². The molecule has 7 nitrogen and oxygen atoms in total. The maximum Gasteiger partial charge on any atom is 0.333 e. The van der Waals surface area contributed by atoms with E-state index in [1.807, 2.05) is 0 Å². The van der Waals surface area contributed by atoms with Gasteiger partial charge in [-0.2, -0.15) is 0 Å². The Labute approximate surface area is 184 Å². The number of fused-ring (bicyclic) bond motifs is 1. The van der Waals surface area contributed by atoms with Crippen LogP contribution in [0.4, 0.5) is 4.39 Å². The van der Waals surface area contributed by atoms with E-state index in [0.717, 1.165) is 30.1 Å². The number of H-pyrrole nitrogens is 1. The first kappa shape index (κ1) is 22.0. The van der Waals surface area contributed by atoms with Crippen LogP contribution in [0.15, 0.2) is 52.1 Å². The molecule has 1 amide bonds. The number of aromatic amines is 1. The van der Waals surface area contributed by atoms with Gasteiger partial charge < -0.3 is 15.2 Å². The number of nitrogens with zero attached hydrogens (tertiary/aromatic N) is 2. The summed E-state index contributed by atoms with van der Waals surface area (Å²) in [5.41, 5.74) is -0.494. The first-order valence-corrected chi connectivity index (χ1v) is 11.0. The number of halogens is 1. The quantitative estimate of drug-likeness (QED) is 0.580.